The van der Waals surface area contributed by atoms with Crippen LogP contribution < -0.4 is 0 Å². The molecule has 0 saturated carbocycles. The number of nitrogens with zero attached hydrogens (tertiary/aromatic N) is 1. The molecule has 2 amide bonds. The number of carbonyl (C=O) groups excluding carboxylic acids is 3. The Morgan fingerprint density at radius 3 is 2.24 bits per heavy atom. The predicted molar refractivity (Wildman–Crippen MR) is 71.1 cm³/mol. The van der Waals surface area contributed by atoms with E-state index in [1.807, 2.05) is 0 Å². The average Bonchev–Trinajstić information content (AvgIpc) is 2.98. The number of hydrogen-bond acceptors (Lipinski definition) is 5. The summed E-state index contributed by atoms with van der Waals surface area (Å²) in [6.07, 6.45) is 2.88. The summed E-state index contributed by atoms with van der Waals surface area (Å²) in [6, 6.07) is 6.57. The quantitative estimate of drug-likeness (QED) is 0.478. The van der Waals surface area contributed by atoms with Crippen LogP contribution in [0.15, 0.2) is 36.4 Å². The maximum atomic E-state index is 12.1. The first-order valence-electron chi connectivity index (χ1n) is 6.56. The van der Waals surface area contributed by atoms with Crippen molar-refractivity contribution in [2.75, 3.05) is 0 Å². The molecule has 2 atom stereocenters. The average molecular weight is 287 g/mol. The summed E-state index contributed by atoms with van der Waals surface area (Å²) in [6.45, 7) is 1.33. The lowest BCUT2D eigenvalue weighted by Crippen LogP contribution is -2.34. The van der Waals surface area contributed by atoms with Gasteiger partial charge < -0.3 is 4.74 Å². The highest BCUT2D eigenvalue weighted by Crippen LogP contribution is 2.26. The van der Waals surface area contributed by atoms with Crippen molar-refractivity contribution in [2.45, 2.75) is 25.6 Å². The van der Waals surface area contributed by atoms with E-state index in [4.69, 9.17) is 9.57 Å². The molecular weight excluding hydrogens is 274 g/mol. The Hall–Kier alpha value is -2.47. The summed E-state index contributed by atoms with van der Waals surface area (Å²) in [7, 11) is 0. The van der Waals surface area contributed by atoms with Gasteiger partial charge in [-0.2, -0.15) is 0 Å². The van der Waals surface area contributed by atoms with Crippen LogP contribution in [-0.2, 0) is 14.4 Å². The molecule has 21 heavy (non-hydrogen) atoms. The van der Waals surface area contributed by atoms with Crippen molar-refractivity contribution in [1.29, 1.82) is 0 Å². The van der Waals surface area contributed by atoms with Gasteiger partial charge in [0.05, 0.1) is 11.1 Å². The van der Waals surface area contributed by atoms with Crippen LogP contribution in [0.3, 0.4) is 0 Å². The molecule has 1 aliphatic heterocycles. The van der Waals surface area contributed by atoms with Gasteiger partial charge in [0, 0.05) is 13.3 Å². The van der Waals surface area contributed by atoms with Gasteiger partial charge in [0.15, 0.2) is 0 Å². The van der Waals surface area contributed by atoms with E-state index in [1.165, 1.54) is 6.92 Å². The van der Waals surface area contributed by atoms with Crippen LogP contribution in [-0.4, -0.2) is 35.1 Å². The lowest BCUT2D eigenvalue weighted by atomic mass is 10.1. The fourth-order valence-electron chi connectivity index (χ4n) is 2.41. The first-order valence-corrected chi connectivity index (χ1v) is 6.56. The molecule has 108 valence electrons. The third-order valence-corrected chi connectivity index (χ3v) is 3.32. The van der Waals surface area contributed by atoms with Gasteiger partial charge in [-0.15, -0.1) is 5.06 Å². The largest absolute Gasteiger partial charge is 0.458 e. The summed E-state index contributed by atoms with van der Waals surface area (Å²) < 4.78 is 5.03. The van der Waals surface area contributed by atoms with Crippen LogP contribution in [0.4, 0.5) is 0 Å². The Balaban J connectivity index is 1.68. The standard InChI is InChI=1S/C15H13NO5/c1-9(17)20-10-6-7-11(8-10)21-16-14(18)12-4-2-3-5-13(12)15(16)19/h2-7,10-11H,8H2,1H3/t10-,11-/m0/s1. The van der Waals surface area contributed by atoms with Gasteiger partial charge >= 0.3 is 5.97 Å². The van der Waals surface area contributed by atoms with Gasteiger partial charge in [0.2, 0.25) is 0 Å². The molecule has 0 fully saturated rings. The number of ether oxygens (including phenoxy) is 1. The predicted octanol–water partition coefficient (Wildman–Crippen LogP) is 1.47. The molecule has 0 N–H and O–H groups in total. The number of amides is 2. The SMILES string of the molecule is CC(=O)O[C@H]1C=C[C@H](ON2C(=O)c3ccccc3C2=O)C1. The minimum Gasteiger partial charge on any atom is -0.458 e. The molecule has 1 aromatic rings. The number of benzene rings is 1. The van der Waals surface area contributed by atoms with Gasteiger partial charge in [-0.05, 0) is 18.2 Å². The molecule has 2 aliphatic rings. The highest BCUT2D eigenvalue weighted by atomic mass is 16.7. The molecule has 1 heterocycles. The van der Waals surface area contributed by atoms with Crippen molar-refractivity contribution in [1.82, 2.24) is 5.06 Å². The van der Waals surface area contributed by atoms with Crippen LogP contribution in [0.2, 0.25) is 0 Å². The topological polar surface area (TPSA) is 72.9 Å². The van der Waals surface area contributed by atoms with E-state index >= 15 is 0 Å². The van der Waals surface area contributed by atoms with Gasteiger partial charge in [-0.1, -0.05) is 18.2 Å². The van der Waals surface area contributed by atoms with Gasteiger partial charge in [-0.25, -0.2) is 0 Å². The minimum atomic E-state index is -0.475. The van der Waals surface area contributed by atoms with E-state index < -0.39 is 17.9 Å². The number of carbonyl (C=O) groups is 3. The van der Waals surface area contributed by atoms with Crippen LogP contribution in [0.25, 0.3) is 0 Å². The second kappa shape index (κ2) is 5.14. The molecule has 0 saturated heterocycles. The van der Waals surface area contributed by atoms with Crippen molar-refractivity contribution in [3.05, 3.63) is 47.5 Å². The van der Waals surface area contributed by atoms with E-state index in [9.17, 15) is 14.4 Å². The number of rotatable bonds is 3. The third-order valence-electron chi connectivity index (χ3n) is 3.32. The van der Waals surface area contributed by atoms with Gasteiger partial charge in [-0.3, -0.25) is 19.2 Å². The summed E-state index contributed by atoms with van der Waals surface area (Å²) in [5.41, 5.74) is 0.669. The zero-order valence-corrected chi connectivity index (χ0v) is 11.3. The van der Waals surface area contributed by atoms with E-state index in [1.54, 1.807) is 36.4 Å². The molecule has 0 radical (unpaired) electrons. The molecule has 0 unspecified atom stereocenters. The molecule has 0 spiro atoms. The van der Waals surface area contributed by atoms with Crippen LogP contribution in [0.5, 0.6) is 0 Å². The number of hydroxylamine groups is 2. The maximum absolute atomic E-state index is 12.1. The van der Waals surface area contributed by atoms with Crippen molar-refractivity contribution in [3.8, 4) is 0 Å². The third kappa shape index (κ3) is 2.45. The fraction of sp³-hybridized carbons (Fsp3) is 0.267. The molecule has 0 bridgehead atoms. The van der Waals surface area contributed by atoms with Crippen molar-refractivity contribution in [2.24, 2.45) is 0 Å². The van der Waals surface area contributed by atoms with Gasteiger partial charge in [0.1, 0.15) is 12.2 Å². The number of imide groups is 1. The second-order valence-corrected chi connectivity index (χ2v) is 4.86. The first kappa shape index (κ1) is 13.5. The summed E-state index contributed by atoms with van der Waals surface area (Å²) >= 11 is 0. The van der Waals surface area contributed by atoms with E-state index in [0.717, 1.165) is 5.06 Å². The Labute approximate surface area is 120 Å². The Morgan fingerprint density at radius 1 is 1.10 bits per heavy atom. The Morgan fingerprint density at radius 2 is 1.67 bits per heavy atom. The van der Waals surface area contributed by atoms with Crippen molar-refractivity contribution < 1.29 is 24.0 Å². The smallest absolute Gasteiger partial charge is 0.303 e. The van der Waals surface area contributed by atoms with Crippen LogP contribution in [0, 0.1) is 0 Å². The van der Waals surface area contributed by atoms with Gasteiger partial charge in [0.25, 0.3) is 11.8 Å². The molecule has 6 nitrogen and oxygen atoms in total. The van der Waals surface area contributed by atoms with Crippen LogP contribution in [0.1, 0.15) is 34.1 Å². The Kier molecular flexibility index (Phi) is 3.31. The molecule has 0 aromatic heterocycles. The lowest BCUT2D eigenvalue weighted by Gasteiger charge is -2.18. The molecule has 3 rings (SSSR count). The number of hydrogen-bond donors (Lipinski definition) is 0. The van der Waals surface area contributed by atoms with Crippen LogP contribution >= 0.6 is 0 Å². The first-order chi connectivity index (χ1) is 10.1. The molecule has 1 aromatic carbocycles. The van der Waals surface area contributed by atoms with Crippen molar-refractivity contribution >= 4 is 17.8 Å². The monoisotopic (exact) mass is 287 g/mol. The zero-order chi connectivity index (χ0) is 15.0. The summed E-state index contributed by atoms with van der Waals surface area (Å²) in [5, 5.41) is 0.774. The molecule has 1 aliphatic carbocycles. The summed E-state index contributed by atoms with van der Waals surface area (Å²) in [4.78, 5) is 40.6. The minimum absolute atomic E-state index is 0.334. The number of fused-ring (bicyclic) bond motifs is 1. The zero-order valence-electron chi connectivity index (χ0n) is 11.3. The van der Waals surface area contributed by atoms with E-state index in [0.29, 0.717) is 17.5 Å². The Bertz CT molecular complexity index is 616. The molecule has 6 heteroatoms. The van der Waals surface area contributed by atoms with Crippen molar-refractivity contribution in [3.63, 3.8) is 0 Å². The summed E-state index contributed by atoms with van der Waals surface area (Å²) in [5.74, 6) is -1.33. The normalized spacial score (nSPS) is 23.6. The highest BCUT2D eigenvalue weighted by Gasteiger charge is 2.38. The highest BCUT2D eigenvalue weighted by molar-refractivity contribution is 6.20. The van der Waals surface area contributed by atoms with E-state index in [-0.39, 0.29) is 12.1 Å². The lowest BCUT2D eigenvalue weighted by molar-refractivity contribution is -0.148. The second-order valence-electron chi connectivity index (χ2n) is 4.86. The fourth-order valence-corrected chi connectivity index (χ4v) is 2.41. The van der Waals surface area contributed by atoms with E-state index in [2.05, 4.69) is 0 Å². The number of esters is 1. The maximum Gasteiger partial charge on any atom is 0.303 e. The molecular formula is C15H13NO5.